The van der Waals surface area contributed by atoms with Crippen molar-refractivity contribution in [2.45, 2.75) is 24.4 Å². The number of hydrogen-bond donors (Lipinski definition) is 1. The Balaban J connectivity index is 1.85. The molecule has 0 unspecified atom stereocenters. The first-order chi connectivity index (χ1) is 17.2. The first kappa shape index (κ1) is 27.3. The molecule has 3 aromatic carbocycles. The highest BCUT2D eigenvalue weighted by Crippen LogP contribution is 2.31. The molecule has 8 nitrogen and oxygen atoms in total. The van der Waals surface area contributed by atoms with Gasteiger partial charge in [0.1, 0.15) is 5.75 Å². The van der Waals surface area contributed by atoms with E-state index in [1.165, 1.54) is 32.4 Å². The first-order valence-corrected chi connectivity index (χ1v) is 12.9. The van der Waals surface area contributed by atoms with Gasteiger partial charge in [-0.3, -0.25) is 4.79 Å². The van der Waals surface area contributed by atoms with E-state index in [1.54, 1.807) is 38.3 Å². The number of nitrogens with one attached hydrogen (secondary N) is 1. The minimum Gasteiger partial charge on any atom is -0.495 e. The third-order valence-corrected chi connectivity index (χ3v) is 7.65. The number of sulfonamides is 1. The molecule has 36 heavy (non-hydrogen) atoms. The van der Waals surface area contributed by atoms with Gasteiger partial charge in [0.05, 0.1) is 43.8 Å². The second kappa shape index (κ2) is 12.1. The van der Waals surface area contributed by atoms with Crippen molar-refractivity contribution < 1.29 is 27.4 Å². The van der Waals surface area contributed by atoms with Gasteiger partial charge in [0, 0.05) is 6.54 Å². The number of amides is 1. The molecule has 0 aromatic heterocycles. The highest BCUT2D eigenvalue weighted by Gasteiger charge is 2.28. The van der Waals surface area contributed by atoms with Crippen molar-refractivity contribution in [1.29, 1.82) is 0 Å². The van der Waals surface area contributed by atoms with Gasteiger partial charge in [-0.25, -0.2) is 8.42 Å². The van der Waals surface area contributed by atoms with Crippen molar-refractivity contribution in [3.05, 3.63) is 82.9 Å². The normalized spacial score (nSPS) is 12.2. The smallest absolute Gasteiger partial charge is 0.243 e. The number of hydrogen-bond acceptors (Lipinski definition) is 6. The third kappa shape index (κ3) is 6.48. The summed E-state index contributed by atoms with van der Waals surface area (Å²) in [4.78, 5) is 13.0. The van der Waals surface area contributed by atoms with Crippen LogP contribution in [0.2, 0.25) is 5.02 Å². The fourth-order valence-electron chi connectivity index (χ4n) is 3.62. The summed E-state index contributed by atoms with van der Waals surface area (Å²) in [5.74, 6) is 0.988. The van der Waals surface area contributed by atoms with Crippen molar-refractivity contribution in [3.8, 4) is 17.2 Å². The Kier molecular flexibility index (Phi) is 9.19. The Hall–Kier alpha value is -3.27. The average molecular weight is 533 g/mol. The van der Waals surface area contributed by atoms with Gasteiger partial charge in [0.2, 0.25) is 15.9 Å². The number of nitrogens with zero attached hydrogens (tertiary/aromatic N) is 1. The Bertz CT molecular complexity index is 1300. The summed E-state index contributed by atoms with van der Waals surface area (Å²) in [7, 11) is 0.452. The van der Waals surface area contributed by atoms with Crippen molar-refractivity contribution in [3.63, 3.8) is 0 Å². The van der Waals surface area contributed by atoms with Gasteiger partial charge in [0.25, 0.3) is 0 Å². The molecule has 1 amide bonds. The maximum Gasteiger partial charge on any atom is 0.243 e. The summed E-state index contributed by atoms with van der Waals surface area (Å²) in [6.45, 7) is 1.42. The van der Waals surface area contributed by atoms with Crippen LogP contribution in [0.15, 0.2) is 71.6 Å². The van der Waals surface area contributed by atoms with Gasteiger partial charge in [-0.1, -0.05) is 48.0 Å². The second-order valence-electron chi connectivity index (χ2n) is 7.96. The molecular formula is C26H29ClN2O6S. The minimum absolute atomic E-state index is 0.00494. The zero-order valence-corrected chi connectivity index (χ0v) is 22.1. The maximum atomic E-state index is 13.5. The number of ether oxygens (including phenoxy) is 3. The van der Waals surface area contributed by atoms with Crippen molar-refractivity contribution in [1.82, 2.24) is 9.62 Å². The lowest BCUT2D eigenvalue weighted by molar-refractivity contribution is -0.122. The van der Waals surface area contributed by atoms with E-state index in [2.05, 4.69) is 5.32 Å². The lowest BCUT2D eigenvalue weighted by Gasteiger charge is -2.24. The topological polar surface area (TPSA) is 94.2 Å². The zero-order chi connectivity index (χ0) is 26.3. The predicted octanol–water partition coefficient (Wildman–Crippen LogP) is 4.43. The van der Waals surface area contributed by atoms with Gasteiger partial charge in [-0.05, 0) is 48.4 Å². The van der Waals surface area contributed by atoms with Gasteiger partial charge in [0.15, 0.2) is 11.5 Å². The molecule has 0 radical (unpaired) electrons. The van der Waals surface area contributed by atoms with E-state index in [1.807, 2.05) is 24.3 Å². The summed E-state index contributed by atoms with van der Waals surface area (Å²) >= 11 is 6.18. The third-order valence-electron chi connectivity index (χ3n) is 5.57. The van der Waals surface area contributed by atoms with Crippen molar-refractivity contribution in [2.24, 2.45) is 0 Å². The van der Waals surface area contributed by atoms with Crippen LogP contribution in [0.5, 0.6) is 17.2 Å². The van der Waals surface area contributed by atoms with Crippen LogP contribution in [0, 0.1) is 0 Å². The lowest BCUT2D eigenvalue weighted by atomic mass is 10.1. The van der Waals surface area contributed by atoms with E-state index in [-0.39, 0.29) is 16.5 Å². The van der Waals surface area contributed by atoms with Crippen LogP contribution in [0.3, 0.4) is 0 Å². The number of benzene rings is 3. The van der Waals surface area contributed by atoms with E-state index in [4.69, 9.17) is 25.8 Å². The number of rotatable bonds is 11. The van der Waals surface area contributed by atoms with Crippen molar-refractivity contribution in [2.75, 3.05) is 27.9 Å². The lowest BCUT2D eigenvalue weighted by Crippen LogP contribution is -2.41. The molecule has 0 saturated carbocycles. The van der Waals surface area contributed by atoms with Crippen LogP contribution in [0.4, 0.5) is 0 Å². The monoisotopic (exact) mass is 532 g/mol. The molecule has 0 saturated heterocycles. The summed E-state index contributed by atoms with van der Waals surface area (Å²) in [6, 6.07) is 18.2. The molecule has 3 rings (SSSR count). The quantitative estimate of drug-likeness (QED) is 0.392. The van der Waals surface area contributed by atoms with Crippen LogP contribution in [0.1, 0.15) is 24.1 Å². The minimum atomic E-state index is -4.07. The predicted molar refractivity (Wildman–Crippen MR) is 138 cm³/mol. The Labute approximate surface area is 216 Å². The average Bonchev–Trinajstić information content (AvgIpc) is 2.88. The maximum absolute atomic E-state index is 13.5. The zero-order valence-electron chi connectivity index (χ0n) is 20.5. The standard InChI is InChI=1S/C26H29ClN2O6S/c1-18(20-10-12-24(34-3)25(14-20)35-4)28-26(30)17-29(16-19-8-6-5-7-9-19)36(31,32)21-11-13-23(33-2)22(27)15-21/h5-15,18H,16-17H2,1-4H3,(H,28,30)/t18-/m1/s1. The summed E-state index contributed by atoms with van der Waals surface area (Å²) in [5.41, 5.74) is 1.52. The Morgan fingerprint density at radius 3 is 2.17 bits per heavy atom. The van der Waals surface area contributed by atoms with Crippen molar-refractivity contribution >= 4 is 27.5 Å². The van der Waals surface area contributed by atoms with Gasteiger partial charge in [-0.2, -0.15) is 4.31 Å². The molecular weight excluding hydrogens is 504 g/mol. The SMILES string of the molecule is COc1ccc(S(=O)(=O)N(CC(=O)N[C@H](C)c2ccc(OC)c(OC)c2)Cc2ccccc2)cc1Cl. The molecule has 0 heterocycles. The van der Waals surface area contributed by atoms with E-state index < -0.39 is 28.5 Å². The van der Waals surface area contributed by atoms with Crippen LogP contribution in [-0.2, 0) is 21.4 Å². The molecule has 0 aliphatic heterocycles. The van der Waals surface area contributed by atoms with Crippen LogP contribution >= 0.6 is 11.6 Å². The fraction of sp³-hybridized carbons (Fsp3) is 0.269. The molecule has 0 aliphatic rings. The molecule has 0 fully saturated rings. The molecule has 3 aromatic rings. The number of carbonyl (C=O) groups is 1. The summed E-state index contributed by atoms with van der Waals surface area (Å²) in [6.07, 6.45) is 0. The van der Waals surface area contributed by atoms with E-state index in [9.17, 15) is 13.2 Å². The first-order valence-electron chi connectivity index (χ1n) is 11.1. The van der Waals surface area contributed by atoms with Gasteiger partial charge in [-0.15, -0.1) is 0 Å². The van der Waals surface area contributed by atoms with E-state index in [0.717, 1.165) is 15.4 Å². The molecule has 1 atom stereocenters. The highest BCUT2D eigenvalue weighted by molar-refractivity contribution is 7.89. The molecule has 1 N–H and O–H groups in total. The number of methoxy groups -OCH3 is 3. The summed E-state index contributed by atoms with van der Waals surface area (Å²) in [5, 5.41) is 3.02. The molecule has 10 heteroatoms. The molecule has 0 spiro atoms. The van der Waals surface area contributed by atoms with E-state index in [0.29, 0.717) is 17.2 Å². The van der Waals surface area contributed by atoms with E-state index >= 15 is 0 Å². The number of carbonyl (C=O) groups excluding carboxylic acids is 1. The molecule has 0 bridgehead atoms. The number of halogens is 1. The largest absolute Gasteiger partial charge is 0.495 e. The van der Waals surface area contributed by atoms with Crippen LogP contribution in [0.25, 0.3) is 0 Å². The molecule has 0 aliphatic carbocycles. The van der Waals surface area contributed by atoms with Gasteiger partial charge < -0.3 is 19.5 Å². The van der Waals surface area contributed by atoms with Crippen LogP contribution < -0.4 is 19.5 Å². The van der Waals surface area contributed by atoms with Crippen LogP contribution in [-0.4, -0.2) is 46.5 Å². The fourth-order valence-corrected chi connectivity index (χ4v) is 5.36. The Morgan fingerprint density at radius 1 is 0.917 bits per heavy atom. The van der Waals surface area contributed by atoms with Gasteiger partial charge >= 0.3 is 0 Å². The Morgan fingerprint density at radius 2 is 1.56 bits per heavy atom. The highest BCUT2D eigenvalue weighted by atomic mass is 35.5. The molecule has 192 valence electrons. The summed E-state index contributed by atoms with van der Waals surface area (Å²) < 4.78 is 43.9. The second-order valence-corrected chi connectivity index (χ2v) is 10.3.